The largest absolute Gasteiger partial charge is 0.486 e. The lowest BCUT2D eigenvalue weighted by molar-refractivity contribution is 0.120. The predicted octanol–water partition coefficient (Wildman–Crippen LogP) is 3.57. The lowest BCUT2D eigenvalue weighted by atomic mass is 10.2. The van der Waals surface area contributed by atoms with Crippen LogP contribution in [0.3, 0.4) is 0 Å². The molecule has 3 aromatic rings. The topological polar surface area (TPSA) is 41.5 Å². The van der Waals surface area contributed by atoms with Crippen LogP contribution in [0.1, 0.15) is 16.4 Å². The predicted molar refractivity (Wildman–Crippen MR) is 108 cm³/mol. The molecule has 0 bridgehead atoms. The summed E-state index contributed by atoms with van der Waals surface area (Å²) in [6.45, 7) is 6.34. The summed E-state index contributed by atoms with van der Waals surface area (Å²) in [5.41, 5.74) is 2.21. The van der Waals surface area contributed by atoms with E-state index in [2.05, 4.69) is 31.2 Å². The third-order valence-corrected chi connectivity index (χ3v) is 5.61. The van der Waals surface area contributed by atoms with Crippen LogP contribution in [-0.4, -0.2) is 45.9 Å². The average Bonchev–Trinajstić information content (AvgIpc) is 3.17. The van der Waals surface area contributed by atoms with E-state index in [1.807, 2.05) is 18.3 Å². The number of hydrogen-bond donors (Lipinski definition) is 0. The van der Waals surface area contributed by atoms with Gasteiger partial charge in [-0.3, -0.25) is 14.8 Å². The van der Waals surface area contributed by atoms with Gasteiger partial charge in [0.2, 0.25) is 0 Å². The molecule has 1 aliphatic heterocycles. The van der Waals surface area contributed by atoms with Crippen molar-refractivity contribution in [3.05, 3.63) is 76.3 Å². The van der Waals surface area contributed by atoms with E-state index in [9.17, 15) is 4.39 Å². The molecule has 1 saturated heterocycles. The van der Waals surface area contributed by atoms with Gasteiger partial charge in [0.25, 0.3) is 0 Å². The molecule has 0 amide bonds. The van der Waals surface area contributed by atoms with Crippen molar-refractivity contribution < 1.29 is 9.13 Å². The second-order valence-electron chi connectivity index (χ2n) is 6.85. The number of pyridine rings is 1. The van der Waals surface area contributed by atoms with Crippen LogP contribution >= 0.6 is 11.3 Å². The monoisotopic (exact) mass is 398 g/mol. The van der Waals surface area contributed by atoms with Crippen LogP contribution in [0.25, 0.3) is 0 Å². The lowest BCUT2D eigenvalue weighted by Crippen LogP contribution is -2.45. The van der Waals surface area contributed by atoms with Crippen molar-refractivity contribution in [1.29, 1.82) is 0 Å². The maximum absolute atomic E-state index is 12.9. The molecule has 2 aromatic heterocycles. The summed E-state index contributed by atoms with van der Waals surface area (Å²) in [5, 5.41) is 3.04. The van der Waals surface area contributed by atoms with Gasteiger partial charge in [-0.1, -0.05) is 6.07 Å². The molecule has 0 aliphatic carbocycles. The summed E-state index contributed by atoms with van der Waals surface area (Å²) in [7, 11) is 0. The molecular formula is C21H23FN4OS. The molecule has 0 atom stereocenters. The van der Waals surface area contributed by atoms with Crippen LogP contribution in [0.15, 0.2) is 54.0 Å². The summed E-state index contributed by atoms with van der Waals surface area (Å²) in [5.74, 6) is 0.395. The molecule has 1 aliphatic rings. The van der Waals surface area contributed by atoms with Gasteiger partial charge < -0.3 is 4.74 Å². The molecule has 7 heteroatoms. The Labute approximate surface area is 168 Å². The van der Waals surface area contributed by atoms with Gasteiger partial charge in [-0.2, -0.15) is 0 Å². The first kappa shape index (κ1) is 19.0. The smallest absolute Gasteiger partial charge is 0.140 e. The molecule has 1 aromatic carbocycles. The number of thiazole rings is 1. The first-order valence-electron chi connectivity index (χ1n) is 9.41. The van der Waals surface area contributed by atoms with Gasteiger partial charge in [0.1, 0.15) is 23.2 Å². The molecule has 1 fully saturated rings. The standard InChI is InChI=1S/C21H23FN4OS/c22-17-4-6-20(7-5-17)27-15-21-24-19(16-28-21)14-26-11-9-25(10-12-26)13-18-3-1-2-8-23-18/h1-8,16H,9-15H2. The minimum atomic E-state index is -0.260. The fourth-order valence-corrected chi connectivity index (χ4v) is 3.92. The Morgan fingerprint density at radius 2 is 1.64 bits per heavy atom. The fourth-order valence-electron chi connectivity index (χ4n) is 3.22. The van der Waals surface area contributed by atoms with Gasteiger partial charge in [0.05, 0.1) is 11.4 Å². The summed E-state index contributed by atoms with van der Waals surface area (Å²) in [6, 6.07) is 12.1. The van der Waals surface area contributed by atoms with Crippen LogP contribution in [0.2, 0.25) is 0 Å². The molecule has 0 spiro atoms. The van der Waals surface area contributed by atoms with Crippen LogP contribution in [0, 0.1) is 5.82 Å². The van der Waals surface area contributed by atoms with Crippen molar-refractivity contribution in [2.75, 3.05) is 26.2 Å². The highest BCUT2D eigenvalue weighted by molar-refractivity contribution is 7.09. The second kappa shape index (κ2) is 9.23. The normalized spacial score (nSPS) is 15.6. The van der Waals surface area contributed by atoms with Crippen molar-refractivity contribution in [3.63, 3.8) is 0 Å². The zero-order valence-corrected chi connectivity index (χ0v) is 16.4. The van der Waals surface area contributed by atoms with Crippen molar-refractivity contribution in [2.24, 2.45) is 0 Å². The molecule has 4 rings (SSSR count). The molecule has 3 heterocycles. The van der Waals surface area contributed by atoms with E-state index >= 15 is 0 Å². The van der Waals surface area contributed by atoms with Crippen molar-refractivity contribution in [3.8, 4) is 5.75 Å². The van der Waals surface area contributed by atoms with Crippen molar-refractivity contribution in [1.82, 2.24) is 19.8 Å². The Morgan fingerprint density at radius 1 is 0.929 bits per heavy atom. The number of ether oxygens (including phenoxy) is 1. The Bertz CT molecular complexity index is 864. The number of piperazine rings is 1. The Kier molecular flexibility index (Phi) is 6.26. The Hall–Kier alpha value is -2.35. The molecule has 0 unspecified atom stereocenters. The fraction of sp³-hybridized carbons (Fsp3) is 0.333. The molecule has 5 nitrogen and oxygen atoms in total. The molecule has 0 N–H and O–H groups in total. The number of benzene rings is 1. The Balaban J connectivity index is 1.22. The van der Waals surface area contributed by atoms with E-state index in [1.54, 1.807) is 23.5 Å². The van der Waals surface area contributed by atoms with Crippen molar-refractivity contribution >= 4 is 11.3 Å². The third kappa shape index (κ3) is 5.34. The first-order valence-corrected chi connectivity index (χ1v) is 10.3. The number of halogens is 1. The minimum Gasteiger partial charge on any atom is -0.486 e. The highest BCUT2D eigenvalue weighted by Gasteiger charge is 2.18. The summed E-state index contributed by atoms with van der Waals surface area (Å²) in [4.78, 5) is 14.0. The summed E-state index contributed by atoms with van der Waals surface area (Å²) < 4.78 is 18.6. The van der Waals surface area contributed by atoms with Gasteiger partial charge in [-0.05, 0) is 36.4 Å². The number of hydrogen-bond acceptors (Lipinski definition) is 6. The number of rotatable bonds is 7. The highest BCUT2D eigenvalue weighted by Crippen LogP contribution is 2.17. The van der Waals surface area contributed by atoms with Gasteiger partial charge in [-0.15, -0.1) is 11.3 Å². The summed E-state index contributed by atoms with van der Waals surface area (Å²) >= 11 is 1.61. The second-order valence-corrected chi connectivity index (χ2v) is 7.79. The molecule has 28 heavy (non-hydrogen) atoms. The van der Waals surface area contributed by atoms with E-state index in [0.29, 0.717) is 12.4 Å². The van der Waals surface area contributed by atoms with Crippen LogP contribution < -0.4 is 4.74 Å². The van der Waals surface area contributed by atoms with Gasteiger partial charge >= 0.3 is 0 Å². The highest BCUT2D eigenvalue weighted by atomic mass is 32.1. The van der Waals surface area contributed by atoms with Crippen LogP contribution in [-0.2, 0) is 19.7 Å². The maximum atomic E-state index is 12.9. The Morgan fingerprint density at radius 3 is 2.32 bits per heavy atom. The maximum Gasteiger partial charge on any atom is 0.140 e. The van der Waals surface area contributed by atoms with Gasteiger partial charge in [0, 0.05) is 50.8 Å². The van der Waals surface area contributed by atoms with Crippen LogP contribution in [0.5, 0.6) is 5.75 Å². The third-order valence-electron chi connectivity index (χ3n) is 4.74. The SMILES string of the molecule is Fc1ccc(OCc2nc(CN3CCN(Cc4ccccn4)CC3)cs2)cc1. The first-order chi connectivity index (χ1) is 13.7. The van der Waals surface area contributed by atoms with Gasteiger partial charge in [0.15, 0.2) is 0 Å². The van der Waals surface area contributed by atoms with Crippen molar-refractivity contribution in [2.45, 2.75) is 19.7 Å². The minimum absolute atomic E-state index is 0.260. The molecule has 0 radical (unpaired) electrons. The van der Waals surface area contributed by atoms with E-state index < -0.39 is 0 Å². The van der Waals surface area contributed by atoms with E-state index in [4.69, 9.17) is 4.74 Å². The molecular weight excluding hydrogens is 375 g/mol. The average molecular weight is 399 g/mol. The van der Waals surface area contributed by atoms with Gasteiger partial charge in [-0.25, -0.2) is 9.37 Å². The quantitative estimate of drug-likeness (QED) is 0.609. The molecule has 0 saturated carbocycles. The van der Waals surface area contributed by atoms with E-state index in [-0.39, 0.29) is 5.82 Å². The van der Waals surface area contributed by atoms with Crippen LogP contribution in [0.4, 0.5) is 4.39 Å². The zero-order chi connectivity index (χ0) is 19.2. The summed E-state index contributed by atoms with van der Waals surface area (Å²) in [6.07, 6.45) is 1.85. The van der Waals surface area contributed by atoms with E-state index in [1.165, 1.54) is 12.1 Å². The van der Waals surface area contributed by atoms with E-state index in [0.717, 1.165) is 55.7 Å². The zero-order valence-electron chi connectivity index (χ0n) is 15.6. The number of aromatic nitrogens is 2. The molecule has 146 valence electrons. The number of nitrogens with zero attached hydrogens (tertiary/aromatic N) is 4. The lowest BCUT2D eigenvalue weighted by Gasteiger charge is -2.34.